The number of ketones is 1. The molecule has 208 valence electrons. The van der Waals surface area contributed by atoms with E-state index in [4.69, 9.17) is 23.7 Å². The number of carbonyl (C=O) groups is 2. The molecule has 4 saturated heterocycles. The molecule has 0 aromatic rings. The summed E-state index contributed by atoms with van der Waals surface area (Å²) in [5.41, 5.74) is 0. The molecule has 4 aliphatic heterocycles. The molecule has 0 N–H and O–H groups in total. The van der Waals surface area contributed by atoms with Gasteiger partial charge >= 0.3 is 5.97 Å². The predicted molar refractivity (Wildman–Crippen MR) is 138 cm³/mol. The van der Waals surface area contributed by atoms with Crippen molar-refractivity contribution in [3.05, 3.63) is 0 Å². The van der Waals surface area contributed by atoms with Crippen molar-refractivity contribution in [1.82, 2.24) is 0 Å². The van der Waals surface area contributed by atoms with Gasteiger partial charge in [-0.15, -0.1) is 0 Å². The molecule has 36 heavy (non-hydrogen) atoms. The summed E-state index contributed by atoms with van der Waals surface area (Å²) in [7, 11) is 0. The summed E-state index contributed by atoms with van der Waals surface area (Å²) in [6, 6.07) is 0. The van der Waals surface area contributed by atoms with Gasteiger partial charge in [0.05, 0.1) is 31.8 Å². The number of hydrogen-bond donors (Lipinski definition) is 0. The standard InChI is InChI=1S/C14H28O.C11H16O4.C4H6O2/c1-2-3-4-5-6-7-8-9-10-11-12-14-13-15-14;1-7(12)8-4-2-3-5-9(8)11(13)15-10-6-14-10;1-3(5-1)4-2-6-4/h14H,2-13H2,1H3;8-10H,2-6H2,1H3;3-4H,1-2H2. The maximum Gasteiger partial charge on any atom is 0.312 e. The molecule has 5 fully saturated rings. The van der Waals surface area contributed by atoms with Crippen LogP contribution in [0.5, 0.6) is 0 Å². The van der Waals surface area contributed by atoms with Gasteiger partial charge in [-0.3, -0.25) is 9.59 Å². The lowest BCUT2D eigenvalue weighted by Crippen LogP contribution is -2.33. The molecule has 0 amide bonds. The van der Waals surface area contributed by atoms with Crippen molar-refractivity contribution in [1.29, 1.82) is 0 Å². The van der Waals surface area contributed by atoms with Gasteiger partial charge in [0.2, 0.25) is 6.29 Å². The van der Waals surface area contributed by atoms with E-state index in [0.29, 0.717) is 24.9 Å². The van der Waals surface area contributed by atoms with E-state index >= 15 is 0 Å². The lowest BCUT2D eigenvalue weighted by atomic mass is 9.77. The normalized spacial score (nSPS) is 31.2. The summed E-state index contributed by atoms with van der Waals surface area (Å²) in [6.07, 6.45) is 20.6. The maximum atomic E-state index is 11.7. The second-order valence-electron chi connectivity index (χ2n) is 11.0. The first-order valence-electron chi connectivity index (χ1n) is 14.8. The van der Waals surface area contributed by atoms with E-state index < -0.39 is 0 Å². The molecular formula is C29H50O7. The highest BCUT2D eigenvalue weighted by Gasteiger charge is 2.41. The molecule has 6 unspecified atom stereocenters. The van der Waals surface area contributed by atoms with Crippen molar-refractivity contribution in [2.45, 2.75) is 135 Å². The zero-order valence-electron chi connectivity index (χ0n) is 22.8. The van der Waals surface area contributed by atoms with E-state index in [0.717, 1.165) is 45.5 Å². The van der Waals surface area contributed by atoms with Gasteiger partial charge in [-0.1, -0.05) is 84.0 Å². The quantitative estimate of drug-likeness (QED) is 0.157. The Labute approximate surface area is 218 Å². The first-order chi connectivity index (χ1) is 17.6. The smallest absolute Gasteiger partial charge is 0.312 e. The minimum atomic E-state index is -0.341. The van der Waals surface area contributed by atoms with E-state index in [1.165, 1.54) is 70.6 Å². The van der Waals surface area contributed by atoms with Gasteiger partial charge in [-0.25, -0.2) is 0 Å². The summed E-state index contributed by atoms with van der Waals surface area (Å²) in [4.78, 5) is 23.1. The van der Waals surface area contributed by atoms with Gasteiger partial charge in [0, 0.05) is 5.92 Å². The summed E-state index contributed by atoms with van der Waals surface area (Å²) >= 11 is 0. The second-order valence-corrected chi connectivity index (χ2v) is 11.0. The lowest BCUT2D eigenvalue weighted by Gasteiger charge is -2.27. The number of ether oxygens (including phenoxy) is 5. The number of rotatable bonds is 15. The first kappa shape index (κ1) is 29.5. The monoisotopic (exact) mass is 510 g/mol. The Morgan fingerprint density at radius 2 is 1.19 bits per heavy atom. The van der Waals surface area contributed by atoms with Gasteiger partial charge < -0.3 is 23.7 Å². The van der Waals surface area contributed by atoms with Crippen LogP contribution < -0.4 is 0 Å². The highest BCUT2D eigenvalue weighted by molar-refractivity contribution is 5.85. The number of unbranched alkanes of at least 4 members (excludes halogenated alkanes) is 9. The van der Waals surface area contributed by atoms with Crippen molar-refractivity contribution >= 4 is 11.8 Å². The Hall–Kier alpha value is -1.02. The molecule has 6 atom stereocenters. The summed E-state index contributed by atoms with van der Waals surface area (Å²) in [5, 5.41) is 0. The van der Waals surface area contributed by atoms with Crippen LogP contribution in [0.25, 0.3) is 0 Å². The van der Waals surface area contributed by atoms with E-state index in [9.17, 15) is 9.59 Å². The van der Waals surface area contributed by atoms with Crippen molar-refractivity contribution < 1.29 is 33.3 Å². The summed E-state index contributed by atoms with van der Waals surface area (Å²) in [5.74, 6) is -0.517. The van der Waals surface area contributed by atoms with Crippen LogP contribution in [-0.4, -0.2) is 62.8 Å². The molecule has 0 spiro atoms. The van der Waals surface area contributed by atoms with Gasteiger partial charge in [0.25, 0.3) is 0 Å². The maximum absolute atomic E-state index is 11.7. The van der Waals surface area contributed by atoms with Crippen molar-refractivity contribution in [3.8, 4) is 0 Å². The minimum absolute atomic E-state index is 0.105. The Bertz CT molecular complexity index is 613. The van der Waals surface area contributed by atoms with Crippen molar-refractivity contribution in [2.75, 3.05) is 26.4 Å². The Morgan fingerprint density at radius 1 is 0.694 bits per heavy atom. The highest BCUT2D eigenvalue weighted by Crippen LogP contribution is 2.32. The van der Waals surface area contributed by atoms with E-state index in [-0.39, 0.29) is 29.9 Å². The van der Waals surface area contributed by atoms with Gasteiger partial charge in [0.15, 0.2) is 0 Å². The molecule has 7 heteroatoms. The molecule has 0 aromatic heterocycles. The van der Waals surface area contributed by atoms with Crippen LogP contribution in [0.4, 0.5) is 0 Å². The molecule has 1 aliphatic carbocycles. The predicted octanol–water partition coefficient (Wildman–Crippen LogP) is 5.76. The van der Waals surface area contributed by atoms with Crippen LogP contribution in [0, 0.1) is 11.8 Å². The molecule has 0 radical (unpaired) electrons. The van der Waals surface area contributed by atoms with E-state index in [1.807, 2.05) is 0 Å². The molecule has 4 heterocycles. The molecule has 0 aromatic carbocycles. The van der Waals surface area contributed by atoms with Gasteiger partial charge in [0.1, 0.15) is 24.6 Å². The zero-order valence-corrected chi connectivity index (χ0v) is 22.8. The topological polar surface area (TPSA) is 93.5 Å². The third-order valence-electron chi connectivity index (χ3n) is 7.56. The third kappa shape index (κ3) is 13.5. The molecular weight excluding hydrogens is 460 g/mol. The van der Waals surface area contributed by atoms with E-state index in [2.05, 4.69) is 6.92 Å². The fourth-order valence-corrected chi connectivity index (χ4v) is 4.86. The average molecular weight is 511 g/mol. The van der Waals surface area contributed by atoms with Crippen LogP contribution in [0.3, 0.4) is 0 Å². The SMILES string of the molecule is C1OC1C1CO1.CC(=O)C1CCCCC1C(=O)OC1CO1.CCCCCCCCCCCCC1CO1. The van der Waals surface area contributed by atoms with Crippen LogP contribution in [0.2, 0.25) is 0 Å². The van der Waals surface area contributed by atoms with Crippen LogP contribution in [0.15, 0.2) is 0 Å². The Morgan fingerprint density at radius 3 is 1.64 bits per heavy atom. The Kier molecular flexibility index (Phi) is 13.7. The van der Waals surface area contributed by atoms with Gasteiger partial charge in [-0.2, -0.15) is 0 Å². The summed E-state index contributed by atoms with van der Waals surface area (Å²) in [6.45, 7) is 7.25. The molecule has 7 nitrogen and oxygen atoms in total. The summed E-state index contributed by atoms with van der Waals surface area (Å²) < 4.78 is 24.9. The zero-order chi connectivity index (χ0) is 25.6. The molecule has 0 bridgehead atoms. The fraction of sp³-hybridized carbons (Fsp3) is 0.931. The number of hydrogen-bond acceptors (Lipinski definition) is 7. The first-order valence-corrected chi connectivity index (χ1v) is 14.8. The highest BCUT2D eigenvalue weighted by atomic mass is 16.8. The van der Waals surface area contributed by atoms with Gasteiger partial charge in [-0.05, 0) is 26.2 Å². The number of esters is 1. The molecule has 1 saturated carbocycles. The van der Waals surface area contributed by atoms with Crippen molar-refractivity contribution in [3.63, 3.8) is 0 Å². The fourth-order valence-electron chi connectivity index (χ4n) is 4.86. The average Bonchev–Trinajstić information content (AvgIpc) is 3.72. The van der Waals surface area contributed by atoms with Crippen LogP contribution >= 0.6 is 0 Å². The number of epoxide rings is 4. The largest absolute Gasteiger partial charge is 0.433 e. The molecule has 5 rings (SSSR count). The lowest BCUT2D eigenvalue weighted by molar-refractivity contribution is -0.158. The van der Waals surface area contributed by atoms with Crippen LogP contribution in [-0.2, 0) is 33.3 Å². The molecule has 5 aliphatic rings. The van der Waals surface area contributed by atoms with E-state index in [1.54, 1.807) is 6.92 Å². The van der Waals surface area contributed by atoms with Crippen LogP contribution in [0.1, 0.15) is 110 Å². The Balaban J connectivity index is 0.000000162. The minimum Gasteiger partial charge on any atom is -0.433 e. The number of Topliss-reactive ketones (excluding diaryl/α,β-unsaturated/α-hetero) is 1. The third-order valence-corrected chi connectivity index (χ3v) is 7.56. The number of carbonyl (C=O) groups excluding carboxylic acids is 2. The van der Waals surface area contributed by atoms with Crippen molar-refractivity contribution in [2.24, 2.45) is 11.8 Å². The second kappa shape index (κ2) is 16.7.